The summed E-state index contributed by atoms with van der Waals surface area (Å²) in [7, 11) is 1.89. The van der Waals surface area contributed by atoms with Crippen LogP contribution in [0.25, 0.3) is 0 Å². The molecule has 23 heavy (non-hydrogen) atoms. The minimum Gasteiger partial charge on any atom is -0.341 e. The summed E-state index contributed by atoms with van der Waals surface area (Å²) in [6, 6.07) is 8.15. The summed E-state index contributed by atoms with van der Waals surface area (Å²) in [6.45, 7) is 2.43. The van der Waals surface area contributed by atoms with Crippen LogP contribution in [-0.2, 0) is 9.59 Å². The Hall–Kier alpha value is -1.49. The number of nitrogens with zero attached hydrogens (tertiary/aromatic N) is 2. The molecule has 1 aromatic carbocycles. The van der Waals surface area contributed by atoms with Crippen LogP contribution < -0.4 is 4.90 Å². The van der Waals surface area contributed by atoms with E-state index in [1.54, 1.807) is 16.7 Å². The summed E-state index contributed by atoms with van der Waals surface area (Å²) in [5, 5.41) is 0. The topological polar surface area (TPSA) is 40.6 Å². The molecule has 2 aliphatic rings. The predicted molar refractivity (Wildman–Crippen MR) is 93.7 cm³/mol. The summed E-state index contributed by atoms with van der Waals surface area (Å²) in [4.78, 5) is 29.5. The van der Waals surface area contributed by atoms with Crippen molar-refractivity contribution in [2.45, 2.75) is 43.5 Å². The molecule has 124 valence electrons. The van der Waals surface area contributed by atoms with Gasteiger partial charge in [0.05, 0.1) is 11.4 Å². The van der Waals surface area contributed by atoms with E-state index in [9.17, 15) is 9.59 Å². The number of para-hydroxylation sites is 1. The van der Waals surface area contributed by atoms with Crippen LogP contribution >= 0.6 is 11.8 Å². The fraction of sp³-hybridized carbons (Fsp3) is 0.556. The summed E-state index contributed by atoms with van der Waals surface area (Å²) < 4.78 is 0. The molecule has 1 aliphatic carbocycles. The fourth-order valence-electron chi connectivity index (χ4n) is 3.41. The highest BCUT2D eigenvalue weighted by atomic mass is 32.2. The Balaban J connectivity index is 1.69. The smallest absolute Gasteiger partial charge is 0.242 e. The quantitative estimate of drug-likeness (QED) is 0.854. The molecule has 0 spiro atoms. The van der Waals surface area contributed by atoms with Gasteiger partial charge >= 0.3 is 0 Å². The van der Waals surface area contributed by atoms with Crippen LogP contribution in [0.3, 0.4) is 0 Å². The van der Waals surface area contributed by atoms with Crippen LogP contribution in [0.5, 0.6) is 0 Å². The molecule has 1 aromatic rings. The Morgan fingerprint density at radius 3 is 2.70 bits per heavy atom. The van der Waals surface area contributed by atoms with Gasteiger partial charge in [0, 0.05) is 18.0 Å². The van der Waals surface area contributed by atoms with Crippen molar-refractivity contribution in [1.82, 2.24) is 4.90 Å². The van der Waals surface area contributed by atoms with E-state index in [0.717, 1.165) is 29.3 Å². The standard InChI is InChI=1S/C18H24N2O2S/c1-13-7-9-14(10-8-13)19(2)17(21)11-20-15-5-3-4-6-16(15)23-12-18(20)22/h3-6,13-14H,7-12H2,1-2H3. The number of carbonyl (C=O) groups excluding carboxylic acids is 2. The predicted octanol–water partition coefficient (Wildman–Crippen LogP) is 3.16. The number of hydrogen-bond acceptors (Lipinski definition) is 3. The van der Waals surface area contributed by atoms with Crippen LogP contribution in [0.2, 0.25) is 0 Å². The van der Waals surface area contributed by atoms with Gasteiger partial charge in [0.1, 0.15) is 6.54 Å². The van der Waals surface area contributed by atoms with E-state index in [1.807, 2.05) is 36.2 Å². The molecular formula is C18H24N2O2S. The molecule has 1 heterocycles. The van der Waals surface area contributed by atoms with E-state index < -0.39 is 0 Å². The van der Waals surface area contributed by atoms with Gasteiger partial charge in [0.2, 0.25) is 11.8 Å². The second kappa shape index (κ2) is 6.95. The molecule has 0 N–H and O–H groups in total. The van der Waals surface area contributed by atoms with Crippen molar-refractivity contribution < 1.29 is 9.59 Å². The highest BCUT2D eigenvalue weighted by Gasteiger charge is 2.30. The van der Waals surface area contributed by atoms with Gasteiger partial charge in [0.25, 0.3) is 0 Å². The second-order valence-corrected chi connectivity index (χ2v) is 7.67. The molecule has 0 aromatic heterocycles. The van der Waals surface area contributed by atoms with E-state index in [0.29, 0.717) is 11.8 Å². The first kappa shape index (κ1) is 16.4. The number of rotatable bonds is 3. The van der Waals surface area contributed by atoms with Crippen LogP contribution in [0.4, 0.5) is 5.69 Å². The van der Waals surface area contributed by atoms with Gasteiger partial charge < -0.3 is 9.80 Å². The monoisotopic (exact) mass is 332 g/mol. The van der Waals surface area contributed by atoms with E-state index in [1.165, 1.54) is 12.8 Å². The molecule has 5 heteroatoms. The van der Waals surface area contributed by atoms with Gasteiger partial charge in [-0.25, -0.2) is 0 Å². The van der Waals surface area contributed by atoms with E-state index in [2.05, 4.69) is 6.92 Å². The molecule has 1 fully saturated rings. The maximum Gasteiger partial charge on any atom is 0.242 e. The number of fused-ring (bicyclic) bond motifs is 1. The largest absolute Gasteiger partial charge is 0.341 e. The van der Waals surface area contributed by atoms with E-state index >= 15 is 0 Å². The average molecular weight is 332 g/mol. The van der Waals surface area contributed by atoms with Gasteiger partial charge in [-0.05, 0) is 43.7 Å². The summed E-state index contributed by atoms with van der Waals surface area (Å²) in [6.07, 6.45) is 4.52. The van der Waals surface area contributed by atoms with Crippen molar-refractivity contribution in [2.75, 3.05) is 24.2 Å². The summed E-state index contributed by atoms with van der Waals surface area (Å²) in [5.41, 5.74) is 0.868. The molecule has 0 bridgehead atoms. The minimum absolute atomic E-state index is 0.0210. The first-order valence-corrected chi connectivity index (χ1v) is 9.32. The molecule has 1 saturated carbocycles. The van der Waals surface area contributed by atoms with E-state index in [4.69, 9.17) is 0 Å². The van der Waals surface area contributed by atoms with Crippen LogP contribution in [0, 0.1) is 5.92 Å². The molecule has 4 nitrogen and oxygen atoms in total. The number of hydrogen-bond donors (Lipinski definition) is 0. The van der Waals surface area contributed by atoms with Gasteiger partial charge in [-0.3, -0.25) is 9.59 Å². The summed E-state index contributed by atoms with van der Waals surface area (Å²) >= 11 is 1.55. The van der Waals surface area contributed by atoms with Crippen LogP contribution in [0.15, 0.2) is 29.2 Å². The highest BCUT2D eigenvalue weighted by molar-refractivity contribution is 8.00. The van der Waals surface area contributed by atoms with Crippen LogP contribution in [0.1, 0.15) is 32.6 Å². The number of thioether (sulfide) groups is 1. The average Bonchev–Trinajstić information content (AvgIpc) is 2.57. The fourth-order valence-corrected chi connectivity index (χ4v) is 4.34. The third-order valence-corrected chi connectivity index (χ3v) is 6.08. The lowest BCUT2D eigenvalue weighted by molar-refractivity contribution is -0.132. The molecule has 2 amide bonds. The third kappa shape index (κ3) is 3.55. The van der Waals surface area contributed by atoms with Crippen molar-refractivity contribution in [3.63, 3.8) is 0 Å². The summed E-state index contributed by atoms with van der Waals surface area (Å²) in [5.74, 6) is 1.24. The molecule has 0 atom stereocenters. The van der Waals surface area contributed by atoms with Crippen molar-refractivity contribution in [1.29, 1.82) is 0 Å². The Labute approximate surface area is 142 Å². The van der Waals surface area contributed by atoms with Crippen molar-refractivity contribution in [2.24, 2.45) is 5.92 Å². The lowest BCUT2D eigenvalue weighted by Crippen LogP contribution is -2.47. The Kier molecular flexibility index (Phi) is 4.95. The lowest BCUT2D eigenvalue weighted by Gasteiger charge is -2.35. The molecule has 0 saturated heterocycles. The first-order valence-electron chi connectivity index (χ1n) is 8.34. The molecule has 0 radical (unpaired) electrons. The minimum atomic E-state index is 0.0210. The molecular weight excluding hydrogens is 308 g/mol. The van der Waals surface area contributed by atoms with Crippen LogP contribution in [-0.4, -0.2) is 42.1 Å². The van der Waals surface area contributed by atoms with E-state index in [-0.39, 0.29) is 18.4 Å². The number of likely N-dealkylation sites (N-methyl/N-ethyl adjacent to an activating group) is 1. The Bertz CT molecular complexity index is 596. The van der Waals surface area contributed by atoms with Gasteiger partial charge in [-0.2, -0.15) is 0 Å². The molecule has 3 rings (SSSR count). The second-order valence-electron chi connectivity index (χ2n) is 6.65. The number of carbonyl (C=O) groups is 2. The highest BCUT2D eigenvalue weighted by Crippen LogP contribution is 2.35. The lowest BCUT2D eigenvalue weighted by atomic mass is 9.87. The Morgan fingerprint density at radius 1 is 1.26 bits per heavy atom. The SMILES string of the molecule is CC1CCC(N(C)C(=O)CN2C(=O)CSc3ccccc32)CC1. The number of amides is 2. The normalized spacial score (nSPS) is 24.3. The maximum atomic E-state index is 12.7. The Morgan fingerprint density at radius 2 is 1.96 bits per heavy atom. The molecule has 0 unspecified atom stereocenters. The number of anilines is 1. The third-order valence-electron chi connectivity index (χ3n) is 5.03. The zero-order valence-corrected chi connectivity index (χ0v) is 14.6. The first-order chi connectivity index (χ1) is 11.1. The van der Waals surface area contributed by atoms with Gasteiger partial charge in [-0.15, -0.1) is 11.8 Å². The van der Waals surface area contributed by atoms with Gasteiger partial charge in [-0.1, -0.05) is 19.1 Å². The van der Waals surface area contributed by atoms with Crippen molar-refractivity contribution in [3.05, 3.63) is 24.3 Å². The number of benzene rings is 1. The maximum absolute atomic E-state index is 12.7. The van der Waals surface area contributed by atoms with Gasteiger partial charge in [0.15, 0.2) is 0 Å². The van der Waals surface area contributed by atoms with Crippen molar-refractivity contribution in [3.8, 4) is 0 Å². The molecule has 1 aliphatic heterocycles. The zero-order chi connectivity index (χ0) is 16.4. The van der Waals surface area contributed by atoms with Crippen molar-refractivity contribution >= 4 is 29.3 Å². The zero-order valence-electron chi connectivity index (χ0n) is 13.8.